The van der Waals surface area contributed by atoms with E-state index in [0.29, 0.717) is 0 Å². The van der Waals surface area contributed by atoms with Gasteiger partial charge in [-0.05, 0) is 30.5 Å². The lowest BCUT2D eigenvalue weighted by molar-refractivity contribution is -0.109. The maximum Gasteiger partial charge on any atom is 0.130 e. The Bertz CT molecular complexity index is 529. The van der Waals surface area contributed by atoms with Crippen LogP contribution in [0, 0.1) is 0 Å². The van der Waals surface area contributed by atoms with Crippen LogP contribution in [0.2, 0.25) is 0 Å². The molecule has 2 heteroatoms. The summed E-state index contributed by atoms with van der Waals surface area (Å²) in [5.41, 5.74) is 1.90. The lowest BCUT2D eigenvalue weighted by Crippen LogP contribution is -2.07. The molecular weight excluding hydrogens is 186 g/mol. The molecule has 0 spiro atoms. The molecule has 0 bridgehead atoms. The number of hydrogen-bond donors (Lipinski definition) is 0. The molecule has 1 aromatic carbocycles. The molecule has 0 unspecified atom stereocenters. The van der Waals surface area contributed by atoms with Gasteiger partial charge < -0.3 is 4.79 Å². The van der Waals surface area contributed by atoms with Gasteiger partial charge in [0.2, 0.25) is 0 Å². The van der Waals surface area contributed by atoms with Crippen molar-refractivity contribution in [3.05, 3.63) is 42.1 Å². The van der Waals surface area contributed by atoms with Crippen molar-refractivity contribution in [1.82, 2.24) is 4.98 Å². The van der Waals surface area contributed by atoms with Crippen LogP contribution in [0.25, 0.3) is 10.9 Å². The Hall–Kier alpha value is -1.70. The highest BCUT2D eigenvalue weighted by Gasteiger charge is 2.44. The van der Waals surface area contributed by atoms with Crippen LogP contribution in [0.15, 0.2) is 36.5 Å². The van der Waals surface area contributed by atoms with Gasteiger partial charge in [-0.3, -0.25) is 4.98 Å². The molecule has 2 aromatic rings. The Kier molecular flexibility index (Phi) is 1.66. The molecule has 15 heavy (non-hydrogen) atoms. The van der Waals surface area contributed by atoms with Crippen LogP contribution in [0.1, 0.15) is 18.4 Å². The van der Waals surface area contributed by atoms with Gasteiger partial charge in [-0.25, -0.2) is 0 Å². The van der Waals surface area contributed by atoms with Crippen molar-refractivity contribution >= 4 is 17.2 Å². The van der Waals surface area contributed by atoms with Gasteiger partial charge in [0.1, 0.15) is 6.29 Å². The molecule has 1 aliphatic rings. The van der Waals surface area contributed by atoms with Gasteiger partial charge in [-0.1, -0.05) is 18.2 Å². The number of carbonyl (C=O) groups is 1. The lowest BCUT2D eigenvalue weighted by atomic mass is 9.96. The number of aromatic nitrogens is 1. The Balaban J connectivity index is 2.18. The van der Waals surface area contributed by atoms with Crippen molar-refractivity contribution in [3.8, 4) is 0 Å². The van der Waals surface area contributed by atoms with Crippen LogP contribution in [0.3, 0.4) is 0 Å². The number of rotatable bonds is 2. The van der Waals surface area contributed by atoms with E-state index in [0.717, 1.165) is 35.6 Å². The monoisotopic (exact) mass is 197 g/mol. The van der Waals surface area contributed by atoms with Crippen molar-refractivity contribution < 1.29 is 4.79 Å². The third-order valence-electron chi connectivity index (χ3n) is 3.20. The third kappa shape index (κ3) is 1.25. The quantitative estimate of drug-likeness (QED) is 0.692. The van der Waals surface area contributed by atoms with Crippen molar-refractivity contribution in [2.45, 2.75) is 18.3 Å². The Labute approximate surface area is 87.9 Å². The third-order valence-corrected chi connectivity index (χ3v) is 3.20. The van der Waals surface area contributed by atoms with Gasteiger partial charge in [-0.15, -0.1) is 0 Å². The molecule has 1 fully saturated rings. The first-order chi connectivity index (χ1) is 7.34. The van der Waals surface area contributed by atoms with Gasteiger partial charge in [-0.2, -0.15) is 0 Å². The zero-order valence-corrected chi connectivity index (χ0v) is 8.31. The van der Waals surface area contributed by atoms with Gasteiger partial charge in [0.15, 0.2) is 0 Å². The molecule has 74 valence electrons. The molecule has 0 radical (unpaired) electrons. The smallest absolute Gasteiger partial charge is 0.130 e. The van der Waals surface area contributed by atoms with E-state index < -0.39 is 0 Å². The second-order valence-corrected chi connectivity index (χ2v) is 4.18. The Morgan fingerprint density at radius 3 is 2.87 bits per heavy atom. The molecule has 0 aliphatic heterocycles. The van der Waals surface area contributed by atoms with Crippen molar-refractivity contribution in [1.29, 1.82) is 0 Å². The first kappa shape index (κ1) is 8.60. The number of pyridine rings is 1. The normalized spacial score (nSPS) is 17.6. The fourth-order valence-corrected chi connectivity index (χ4v) is 1.99. The van der Waals surface area contributed by atoms with E-state index in [-0.39, 0.29) is 5.41 Å². The molecule has 1 heterocycles. The summed E-state index contributed by atoms with van der Waals surface area (Å²) >= 11 is 0. The van der Waals surface area contributed by atoms with E-state index in [1.165, 1.54) is 0 Å². The number of aldehydes is 1. The van der Waals surface area contributed by atoms with Crippen LogP contribution in [0.5, 0.6) is 0 Å². The average molecular weight is 197 g/mol. The molecule has 0 amide bonds. The van der Waals surface area contributed by atoms with Gasteiger partial charge in [0, 0.05) is 11.6 Å². The van der Waals surface area contributed by atoms with E-state index in [9.17, 15) is 4.79 Å². The topological polar surface area (TPSA) is 30.0 Å². The molecule has 0 saturated heterocycles. The first-order valence-corrected chi connectivity index (χ1v) is 5.16. The summed E-state index contributed by atoms with van der Waals surface area (Å²) in [6.07, 6.45) is 4.83. The second kappa shape index (κ2) is 2.89. The minimum atomic E-state index is -0.189. The van der Waals surface area contributed by atoms with Crippen LogP contribution in [-0.4, -0.2) is 11.3 Å². The summed E-state index contributed by atoms with van der Waals surface area (Å²) in [7, 11) is 0. The number of fused-ring (bicyclic) bond motifs is 1. The first-order valence-electron chi connectivity index (χ1n) is 5.16. The standard InChI is InChI=1S/C13H11NO/c15-9-13(5-6-13)11-4-3-10-2-1-7-14-12(10)8-11/h1-4,7-9H,5-6H2. The predicted octanol–water partition coefficient (Wildman–Crippen LogP) is 2.47. The van der Waals surface area contributed by atoms with Crippen LogP contribution in [0.4, 0.5) is 0 Å². The number of hydrogen-bond acceptors (Lipinski definition) is 2. The Morgan fingerprint density at radius 2 is 2.13 bits per heavy atom. The summed E-state index contributed by atoms with van der Waals surface area (Å²) in [5.74, 6) is 0. The van der Waals surface area contributed by atoms with Gasteiger partial charge in [0.25, 0.3) is 0 Å². The van der Waals surface area contributed by atoms with E-state index in [2.05, 4.69) is 4.98 Å². The highest BCUT2D eigenvalue weighted by molar-refractivity contribution is 5.82. The Morgan fingerprint density at radius 1 is 1.27 bits per heavy atom. The largest absolute Gasteiger partial charge is 0.302 e. The van der Waals surface area contributed by atoms with Crippen LogP contribution < -0.4 is 0 Å². The summed E-state index contributed by atoms with van der Waals surface area (Å²) < 4.78 is 0. The summed E-state index contributed by atoms with van der Waals surface area (Å²) in [6, 6.07) is 10.1. The summed E-state index contributed by atoms with van der Waals surface area (Å²) in [4.78, 5) is 15.3. The fraction of sp³-hybridized carbons (Fsp3) is 0.231. The van der Waals surface area contributed by atoms with E-state index in [4.69, 9.17) is 0 Å². The molecule has 0 N–H and O–H groups in total. The number of carbonyl (C=O) groups excluding carboxylic acids is 1. The van der Waals surface area contributed by atoms with Gasteiger partial charge >= 0.3 is 0 Å². The van der Waals surface area contributed by atoms with E-state index >= 15 is 0 Å². The highest BCUT2D eigenvalue weighted by atomic mass is 16.1. The fourth-order valence-electron chi connectivity index (χ4n) is 1.99. The van der Waals surface area contributed by atoms with Crippen molar-refractivity contribution in [2.24, 2.45) is 0 Å². The average Bonchev–Trinajstić information content (AvgIpc) is 3.09. The number of nitrogens with zero attached hydrogens (tertiary/aromatic N) is 1. The minimum absolute atomic E-state index is 0.189. The zero-order valence-electron chi connectivity index (χ0n) is 8.31. The molecule has 1 aromatic heterocycles. The lowest BCUT2D eigenvalue weighted by Gasteiger charge is -2.07. The van der Waals surface area contributed by atoms with E-state index in [1.807, 2.05) is 30.3 Å². The number of benzene rings is 1. The van der Waals surface area contributed by atoms with Crippen LogP contribution in [-0.2, 0) is 10.2 Å². The predicted molar refractivity (Wildman–Crippen MR) is 58.7 cm³/mol. The zero-order chi connectivity index (χ0) is 10.3. The SMILES string of the molecule is O=CC1(c2ccc3cccnc3c2)CC1. The molecular formula is C13H11NO. The van der Waals surface area contributed by atoms with E-state index in [1.54, 1.807) is 6.20 Å². The molecule has 1 saturated carbocycles. The van der Waals surface area contributed by atoms with Crippen molar-refractivity contribution in [2.75, 3.05) is 0 Å². The minimum Gasteiger partial charge on any atom is -0.302 e. The molecule has 2 nitrogen and oxygen atoms in total. The highest BCUT2D eigenvalue weighted by Crippen LogP contribution is 2.46. The molecule has 1 aliphatic carbocycles. The summed E-state index contributed by atoms with van der Waals surface area (Å²) in [5, 5.41) is 1.13. The summed E-state index contributed by atoms with van der Waals surface area (Å²) in [6.45, 7) is 0. The second-order valence-electron chi connectivity index (χ2n) is 4.18. The maximum atomic E-state index is 11.0. The van der Waals surface area contributed by atoms with Crippen molar-refractivity contribution in [3.63, 3.8) is 0 Å². The maximum absolute atomic E-state index is 11.0. The van der Waals surface area contributed by atoms with Crippen LogP contribution >= 0.6 is 0 Å². The van der Waals surface area contributed by atoms with Gasteiger partial charge in [0.05, 0.1) is 10.9 Å². The molecule has 3 rings (SSSR count). The molecule has 0 atom stereocenters.